The van der Waals surface area contributed by atoms with Crippen LogP contribution >= 0.6 is 0 Å². The number of hydrogen-bond acceptors (Lipinski definition) is 5. The van der Waals surface area contributed by atoms with Gasteiger partial charge in [0.05, 0.1) is 24.4 Å². The van der Waals surface area contributed by atoms with Crippen LogP contribution in [0.3, 0.4) is 0 Å². The van der Waals surface area contributed by atoms with Crippen molar-refractivity contribution in [2.45, 2.75) is 127 Å². The summed E-state index contributed by atoms with van der Waals surface area (Å²) in [6.07, 6.45) is 7.39. The van der Waals surface area contributed by atoms with E-state index in [-0.39, 0.29) is 35.4 Å². The number of Topliss-reactive ketones (excluding diaryl/α,β-unsaturated/α-hetero) is 1. The summed E-state index contributed by atoms with van der Waals surface area (Å²) in [4.78, 5) is 11.9. The zero-order valence-corrected chi connectivity index (χ0v) is 26.9. The van der Waals surface area contributed by atoms with Gasteiger partial charge in [-0.05, 0) is 68.2 Å². The second-order valence-corrected chi connectivity index (χ2v) is 12.3. The summed E-state index contributed by atoms with van der Waals surface area (Å²) in [6, 6.07) is 0. The van der Waals surface area contributed by atoms with Crippen molar-refractivity contribution < 1.29 is 25.2 Å². The number of ketones is 1. The lowest BCUT2D eigenvalue weighted by Gasteiger charge is -2.27. The molecule has 0 saturated heterocycles. The van der Waals surface area contributed by atoms with Crippen molar-refractivity contribution in [3.63, 3.8) is 0 Å². The van der Waals surface area contributed by atoms with Crippen LogP contribution in [0.4, 0.5) is 0 Å². The van der Waals surface area contributed by atoms with E-state index < -0.39 is 24.4 Å². The molecule has 5 heteroatoms. The fourth-order valence-corrected chi connectivity index (χ4v) is 5.38. The van der Waals surface area contributed by atoms with Crippen molar-refractivity contribution in [3.05, 3.63) is 46.6 Å². The van der Waals surface area contributed by atoms with Crippen LogP contribution in [0.5, 0.6) is 0 Å². The Balaban J connectivity index is 5.39. The third kappa shape index (κ3) is 12.7. The molecule has 0 aliphatic heterocycles. The molecule has 0 aromatic heterocycles. The number of aliphatic hydroxyl groups excluding tert-OH is 4. The summed E-state index contributed by atoms with van der Waals surface area (Å²) in [5.41, 5.74) is 2.98. The van der Waals surface area contributed by atoms with Crippen LogP contribution in [-0.4, -0.2) is 50.6 Å². The van der Waals surface area contributed by atoms with Gasteiger partial charge in [0.1, 0.15) is 0 Å². The first-order valence-electron chi connectivity index (χ1n) is 15.0. The van der Waals surface area contributed by atoms with Crippen molar-refractivity contribution >= 4 is 5.78 Å². The van der Waals surface area contributed by atoms with E-state index in [1.807, 2.05) is 79.7 Å². The molecule has 0 heterocycles. The molecular formula is C34H60O5. The normalized spacial score (nSPS) is 21.8. The minimum atomic E-state index is -0.762. The summed E-state index contributed by atoms with van der Waals surface area (Å²) in [6.45, 7) is 23.4. The molecule has 10 atom stereocenters. The average Bonchev–Trinajstić information content (AvgIpc) is 2.89. The van der Waals surface area contributed by atoms with E-state index >= 15 is 0 Å². The van der Waals surface area contributed by atoms with Crippen molar-refractivity contribution in [1.82, 2.24) is 0 Å². The van der Waals surface area contributed by atoms with Crippen LogP contribution in [0.2, 0.25) is 0 Å². The van der Waals surface area contributed by atoms with Crippen LogP contribution in [0.15, 0.2) is 46.6 Å². The van der Waals surface area contributed by atoms with E-state index in [1.54, 1.807) is 6.92 Å². The van der Waals surface area contributed by atoms with Gasteiger partial charge in [0.25, 0.3) is 0 Å². The molecule has 0 bridgehead atoms. The SMILES string of the molecule is CCC(=O)/C(C)=C\[C@H](C)[C@H](O)/C(C)=C/[C@H](C)[C@H](O)/C(C)=C\[C@H](C)[C@H](O)/C(C)=C/[C@@H](C)[C@H](O)[C@@H](C)C[C@@H](C)CC. The number of carbonyl (C=O) groups is 1. The number of hydrogen-bond donors (Lipinski definition) is 4. The Hall–Kier alpha value is -1.53. The van der Waals surface area contributed by atoms with Crippen molar-refractivity contribution in [2.75, 3.05) is 0 Å². The highest BCUT2D eigenvalue weighted by molar-refractivity contribution is 5.94. The Morgan fingerprint density at radius 1 is 0.615 bits per heavy atom. The minimum Gasteiger partial charge on any atom is -0.392 e. The van der Waals surface area contributed by atoms with Gasteiger partial charge in [0, 0.05) is 30.1 Å². The lowest BCUT2D eigenvalue weighted by Crippen LogP contribution is -2.27. The molecule has 0 aliphatic carbocycles. The fourth-order valence-electron chi connectivity index (χ4n) is 5.38. The molecule has 0 aliphatic rings. The van der Waals surface area contributed by atoms with Gasteiger partial charge in [-0.2, -0.15) is 0 Å². The lowest BCUT2D eigenvalue weighted by molar-refractivity contribution is -0.115. The molecule has 0 saturated carbocycles. The monoisotopic (exact) mass is 548 g/mol. The Kier molecular flexibility index (Phi) is 17.3. The smallest absolute Gasteiger partial charge is 0.157 e. The van der Waals surface area contributed by atoms with Crippen LogP contribution in [0.1, 0.15) is 102 Å². The molecule has 4 N–H and O–H groups in total. The van der Waals surface area contributed by atoms with E-state index in [0.717, 1.165) is 29.6 Å². The third-order valence-electron chi connectivity index (χ3n) is 8.34. The quantitative estimate of drug-likeness (QED) is 0.118. The Bertz CT molecular complexity index is 867. The summed E-state index contributed by atoms with van der Waals surface area (Å²) in [5.74, 6) is 0.0808. The predicted molar refractivity (Wildman–Crippen MR) is 164 cm³/mol. The summed E-state index contributed by atoms with van der Waals surface area (Å²) >= 11 is 0. The van der Waals surface area contributed by atoms with Crippen LogP contribution in [0, 0.1) is 35.5 Å². The Labute approximate surface area is 239 Å². The van der Waals surface area contributed by atoms with Crippen molar-refractivity contribution in [1.29, 1.82) is 0 Å². The number of aliphatic hydroxyl groups is 4. The Morgan fingerprint density at radius 2 is 0.974 bits per heavy atom. The second kappa shape index (κ2) is 18.0. The van der Waals surface area contributed by atoms with Gasteiger partial charge in [-0.3, -0.25) is 4.79 Å². The molecule has 0 aromatic carbocycles. The molecule has 226 valence electrons. The molecule has 0 aromatic rings. The predicted octanol–water partition coefficient (Wildman–Crippen LogP) is 6.81. The summed E-state index contributed by atoms with van der Waals surface area (Å²) in [5, 5.41) is 43.5. The maximum absolute atomic E-state index is 11.9. The van der Waals surface area contributed by atoms with Crippen LogP contribution in [-0.2, 0) is 4.79 Å². The molecule has 0 fully saturated rings. The summed E-state index contributed by atoms with van der Waals surface area (Å²) in [7, 11) is 0. The molecular weight excluding hydrogens is 488 g/mol. The van der Waals surface area contributed by atoms with E-state index in [4.69, 9.17) is 0 Å². The maximum atomic E-state index is 11.9. The first-order valence-corrected chi connectivity index (χ1v) is 15.0. The highest BCUT2D eigenvalue weighted by atomic mass is 16.3. The number of carbonyl (C=O) groups excluding carboxylic acids is 1. The van der Waals surface area contributed by atoms with Crippen LogP contribution < -0.4 is 0 Å². The van der Waals surface area contributed by atoms with Gasteiger partial charge in [-0.15, -0.1) is 0 Å². The van der Waals surface area contributed by atoms with E-state index in [9.17, 15) is 25.2 Å². The highest BCUT2D eigenvalue weighted by Crippen LogP contribution is 2.26. The van der Waals surface area contributed by atoms with Crippen molar-refractivity contribution in [3.8, 4) is 0 Å². The first kappa shape index (κ1) is 37.5. The van der Waals surface area contributed by atoms with Gasteiger partial charge >= 0.3 is 0 Å². The van der Waals surface area contributed by atoms with E-state index in [1.165, 1.54) is 0 Å². The molecule has 5 nitrogen and oxygen atoms in total. The third-order valence-corrected chi connectivity index (χ3v) is 8.34. The highest BCUT2D eigenvalue weighted by Gasteiger charge is 2.24. The van der Waals surface area contributed by atoms with Gasteiger partial charge < -0.3 is 20.4 Å². The molecule has 0 spiro atoms. The lowest BCUT2D eigenvalue weighted by atomic mass is 9.84. The minimum absolute atomic E-state index is 0.0674. The molecule has 0 rings (SSSR count). The maximum Gasteiger partial charge on any atom is 0.157 e. The first-order chi connectivity index (χ1) is 18.0. The standard InChI is InChI=1S/C34H60O5/c1-13-20(3)15-22(5)31(36)24(7)17-26(9)33(38)28(11)19-29(12)34(39)27(10)18-25(8)32(37)23(6)16-21(4)30(35)14-2/h16-20,22-24,27-28,31-34,36-39H,13-15H2,1-12H3/b21-16-,25-18+,26-17+,29-19-/t20-,22-,23-,24+,27-,28-,31+,32-,33+,34-/m0/s1. The molecule has 0 unspecified atom stereocenters. The van der Waals surface area contributed by atoms with Gasteiger partial charge in [-0.25, -0.2) is 0 Å². The zero-order valence-electron chi connectivity index (χ0n) is 26.9. The van der Waals surface area contributed by atoms with Gasteiger partial charge in [0.15, 0.2) is 5.78 Å². The largest absolute Gasteiger partial charge is 0.392 e. The Morgan fingerprint density at radius 3 is 1.33 bits per heavy atom. The molecule has 39 heavy (non-hydrogen) atoms. The molecule has 0 radical (unpaired) electrons. The van der Waals surface area contributed by atoms with Crippen LogP contribution in [0.25, 0.3) is 0 Å². The zero-order chi connectivity index (χ0) is 30.6. The van der Waals surface area contributed by atoms with Gasteiger partial charge in [0.2, 0.25) is 0 Å². The number of rotatable bonds is 17. The average molecular weight is 549 g/mol. The topological polar surface area (TPSA) is 98.0 Å². The fraction of sp³-hybridized carbons (Fsp3) is 0.735. The van der Waals surface area contributed by atoms with Crippen molar-refractivity contribution in [2.24, 2.45) is 35.5 Å². The molecule has 0 amide bonds. The van der Waals surface area contributed by atoms with E-state index in [0.29, 0.717) is 17.9 Å². The van der Waals surface area contributed by atoms with Gasteiger partial charge in [-0.1, -0.05) is 86.1 Å². The summed E-state index contributed by atoms with van der Waals surface area (Å²) < 4.78 is 0. The van der Waals surface area contributed by atoms with E-state index in [2.05, 4.69) is 20.8 Å². The second-order valence-electron chi connectivity index (χ2n) is 12.3. The number of allylic oxidation sites excluding steroid dienone is 1.